The average molecular weight is 245 g/mol. The minimum atomic E-state index is 0.215. The van der Waals surface area contributed by atoms with E-state index in [0.29, 0.717) is 5.92 Å². The Bertz CT molecular complexity index is 483. The van der Waals surface area contributed by atoms with Crippen LogP contribution in [0.2, 0.25) is 0 Å². The van der Waals surface area contributed by atoms with E-state index in [1.165, 1.54) is 18.5 Å². The van der Waals surface area contributed by atoms with E-state index in [9.17, 15) is 0 Å². The molecule has 0 amide bonds. The zero-order valence-electron chi connectivity index (χ0n) is 10.7. The summed E-state index contributed by atoms with van der Waals surface area (Å²) in [6.07, 6.45) is 8.04. The molecule has 0 aliphatic carbocycles. The molecule has 4 nitrogen and oxygen atoms in total. The van der Waals surface area contributed by atoms with Crippen molar-refractivity contribution >= 4 is 0 Å². The third-order valence-electron chi connectivity index (χ3n) is 3.83. The Morgan fingerprint density at radius 1 is 1.44 bits per heavy atom. The molecule has 0 spiro atoms. The van der Waals surface area contributed by atoms with Crippen LogP contribution in [-0.2, 0) is 0 Å². The third-order valence-corrected chi connectivity index (χ3v) is 3.83. The van der Waals surface area contributed by atoms with Crippen LogP contribution in [0, 0.1) is 0 Å². The van der Waals surface area contributed by atoms with Crippen molar-refractivity contribution in [2.75, 3.05) is 13.1 Å². The lowest BCUT2D eigenvalue weighted by Gasteiger charge is -2.25. The molecule has 1 saturated heterocycles. The number of hydrogen-bond acceptors (Lipinski definition) is 3. The highest BCUT2D eigenvalue weighted by molar-refractivity contribution is 5.14. The maximum Gasteiger partial charge on any atom is 0.126 e. The number of hydrogen-bond donors (Lipinski definition) is 1. The molecule has 0 saturated carbocycles. The zero-order valence-corrected chi connectivity index (χ0v) is 10.7. The molecule has 1 aliphatic rings. The second-order valence-corrected chi connectivity index (χ2v) is 4.94. The smallest absolute Gasteiger partial charge is 0.126 e. The number of furan rings is 1. The van der Waals surface area contributed by atoms with Crippen molar-refractivity contribution in [2.24, 2.45) is 0 Å². The highest BCUT2D eigenvalue weighted by Crippen LogP contribution is 2.29. The predicted molar refractivity (Wildman–Crippen MR) is 69.6 cm³/mol. The number of rotatable bonds is 3. The molecular weight excluding hydrogens is 226 g/mol. The topological polar surface area (TPSA) is 43.0 Å². The van der Waals surface area contributed by atoms with Gasteiger partial charge in [0.1, 0.15) is 5.76 Å². The first-order valence-electron chi connectivity index (χ1n) is 6.62. The van der Waals surface area contributed by atoms with Crippen LogP contribution in [0.1, 0.15) is 43.2 Å². The Morgan fingerprint density at radius 2 is 2.28 bits per heavy atom. The van der Waals surface area contributed by atoms with Gasteiger partial charge in [-0.1, -0.05) is 0 Å². The van der Waals surface area contributed by atoms with Crippen LogP contribution < -0.4 is 5.32 Å². The van der Waals surface area contributed by atoms with E-state index in [-0.39, 0.29) is 6.04 Å². The maximum absolute atomic E-state index is 5.50. The van der Waals surface area contributed by atoms with Crippen LogP contribution in [0.5, 0.6) is 0 Å². The van der Waals surface area contributed by atoms with Crippen molar-refractivity contribution in [3.05, 3.63) is 42.4 Å². The first-order valence-corrected chi connectivity index (χ1v) is 6.62. The molecule has 0 aromatic carbocycles. The van der Waals surface area contributed by atoms with Gasteiger partial charge in [0.25, 0.3) is 0 Å². The molecule has 2 aromatic heterocycles. The second-order valence-electron chi connectivity index (χ2n) is 4.94. The Kier molecular flexibility index (Phi) is 3.19. The largest absolute Gasteiger partial charge is 0.467 e. The van der Waals surface area contributed by atoms with E-state index in [4.69, 9.17) is 4.42 Å². The lowest BCUT2D eigenvalue weighted by molar-refractivity contribution is 0.406. The minimum absolute atomic E-state index is 0.215. The van der Waals surface area contributed by atoms with E-state index >= 15 is 0 Å². The van der Waals surface area contributed by atoms with Gasteiger partial charge >= 0.3 is 0 Å². The van der Waals surface area contributed by atoms with Crippen molar-refractivity contribution < 1.29 is 4.42 Å². The third kappa shape index (κ3) is 2.08. The molecule has 1 unspecified atom stereocenters. The van der Waals surface area contributed by atoms with E-state index < -0.39 is 0 Å². The molecule has 1 fully saturated rings. The van der Waals surface area contributed by atoms with Gasteiger partial charge in [0.2, 0.25) is 0 Å². The maximum atomic E-state index is 5.50. The summed E-state index contributed by atoms with van der Waals surface area (Å²) in [5.41, 5.74) is 1.33. The van der Waals surface area contributed by atoms with Gasteiger partial charge in [-0.3, -0.25) is 0 Å². The molecule has 1 N–H and O–H groups in total. The van der Waals surface area contributed by atoms with Crippen LogP contribution in [0.4, 0.5) is 0 Å². The molecule has 2 aromatic rings. The summed E-state index contributed by atoms with van der Waals surface area (Å²) in [6, 6.07) is 4.18. The van der Waals surface area contributed by atoms with Gasteiger partial charge in [0, 0.05) is 17.8 Å². The van der Waals surface area contributed by atoms with Gasteiger partial charge in [-0.2, -0.15) is 0 Å². The van der Waals surface area contributed by atoms with Crippen LogP contribution in [0.25, 0.3) is 0 Å². The second kappa shape index (κ2) is 4.98. The normalized spacial score (nSPS) is 18.9. The quantitative estimate of drug-likeness (QED) is 0.903. The van der Waals surface area contributed by atoms with Gasteiger partial charge in [0.15, 0.2) is 0 Å². The molecule has 96 valence electrons. The zero-order chi connectivity index (χ0) is 12.4. The molecule has 3 rings (SSSR count). The lowest BCUT2D eigenvalue weighted by atomic mass is 9.94. The summed E-state index contributed by atoms with van der Waals surface area (Å²) in [4.78, 5) is 4.33. The van der Waals surface area contributed by atoms with Crippen molar-refractivity contribution in [1.82, 2.24) is 14.9 Å². The Hall–Kier alpha value is -1.55. The number of nitrogens with one attached hydrogen (secondary N) is 1. The summed E-state index contributed by atoms with van der Waals surface area (Å²) in [5, 5.41) is 3.40. The molecule has 0 radical (unpaired) electrons. The fourth-order valence-electron chi connectivity index (χ4n) is 2.74. The summed E-state index contributed by atoms with van der Waals surface area (Å²) >= 11 is 0. The van der Waals surface area contributed by atoms with E-state index in [1.807, 2.05) is 24.7 Å². The number of imidazole rings is 1. The molecule has 0 bridgehead atoms. The van der Waals surface area contributed by atoms with Gasteiger partial charge < -0.3 is 14.3 Å². The Labute approximate surface area is 107 Å². The molecular formula is C14H19N3O. The summed E-state index contributed by atoms with van der Waals surface area (Å²) in [5.74, 6) is 1.61. The number of piperidine rings is 1. The van der Waals surface area contributed by atoms with Crippen LogP contribution >= 0.6 is 0 Å². The fourth-order valence-corrected chi connectivity index (χ4v) is 2.74. The lowest BCUT2D eigenvalue weighted by Crippen LogP contribution is -2.28. The molecule has 4 heteroatoms. The van der Waals surface area contributed by atoms with Gasteiger partial charge in [-0.05, 0) is 45.0 Å². The number of aromatic nitrogens is 2. The molecule has 18 heavy (non-hydrogen) atoms. The van der Waals surface area contributed by atoms with Crippen molar-refractivity contribution in [3.63, 3.8) is 0 Å². The predicted octanol–water partition coefficient (Wildman–Crippen LogP) is 2.55. The van der Waals surface area contributed by atoms with E-state index in [0.717, 1.165) is 18.8 Å². The van der Waals surface area contributed by atoms with Crippen LogP contribution in [0.15, 0.2) is 35.3 Å². The van der Waals surface area contributed by atoms with Gasteiger partial charge in [0.05, 0.1) is 18.6 Å². The monoisotopic (exact) mass is 245 g/mol. The minimum Gasteiger partial charge on any atom is -0.467 e. The molecule has 1 aliphatic heterocycles. The van der Waals surface area contributed by atoms with E-state index in [2.05, 4.69) is 21.8 Å². The first-order chi connectivity index (χ1) is 8.86. The van der Waals surface area contributed by atoms with Crippen molar-refractivity contribution in [2.45, 2.75) is 31.7 Å². The van der Waals surface area contributed by atoms with Gasteiger partial charge in [-0.15, -0.1) is 0 Å². The van der Waals surface area contributed by atoms with Crippen molar-refractivity contribution in [1.29, 1.82) is 0 Å². The number of nitrogens with zero attached hydrogens (tertiary/aromatic N) is 2. The molecule has 3 heterocycles. The Morgan fingerprint density at radius 3 is 3.00 bits per heavy atom. The summed E-state index contributed by atoms with van der Waals surface area (Å²) < 4.78 is 7.75. The first kappa shape index (κ1) is 11.5. The van der Waals surface area contributed by atoms with Crippen molar-refractivity contribution in [3.8, 4) is 0 Å². The van der Waals surface area contributed by atoms with E-state index in [1.54, 1.807) is 6.26 Å². The fraction of sp³-hybridized carbons (Fsp3) is 0.500. The summed E-state index contributed by atoms with van der Waals surface area (Å²) in [7, 11) is 0. The highest BCUT2D eigenvalue weighted by atomic mass is 16.3. The highest BCUT2D eigenvalue weighted by Gasteiger charge is 2.22. The molecule has 1 atom stereocenters. The SMILES string of the molecule is CC(c1ccco1)n1cncc1C1CCNCC1. The van der Waals surface area contributed by atoms with Crippen LogP contribution in [0.3, 0.4) is 0 Å². The summed E-state index contributed by atoms with van der Waals surface area (Å²) in [6.45, 7) is 4.36. The van der Waals surface area contributed by atoms with Gasteiger partial charge in [-0.25, -0.2) is 4.98 Å². The Balaban J connectivity index is 1.86. The average Bonchev–Trinajstić information content (AvgIpc) is 3.10. The van der Waals surface area contributed by atoms with Crippen LogP contribution in [-0.4, -0.2) is 22.6 Å². The standard InChI is InChI=1S/C14H19N3O/c1-11(14-3-2-8-18-14)17-10-16-9-13(17)12-4-6-15-7-5-12/h2-3,8-12,15H,4-7H2,1H3.